The molecule has 0 spiro atoms. The molecule has 0 saturated heterocycles. The van der Waals surface area contributed by atoms with Gasteiger partial charge in [-0.15, -0.1) is 0 Å². The van der Waals surface area contributed by atoms with Gasteiger partial charge in [-0.1, -0.05) is 0 Å². The molecule has 1 nitrogen and oxygen atoms in total. The molecule has 0 N–H and O–H groups in total. The maximum absolute atomic E-state index is 4.35. The quantitative estimate of drug-likeness (QED) is 0.454. The molecule has 0 aromatic carbocycles. The highest BCUT2D eigenvalue weighted by molar-refractivity contribution is 6.17. The molecule has 9 heavy (non-hydrogen) atoms. The van der Waals surface area contributed by atoms with Crippen LogP contribution in [0.4, 0.5) is 0 Å². The molecular formula is C8H5N. The van der Waals surface area contributed by atoms with Gasteiger partial charge in [0.2, 0.25) is 0 Å². The molecule has 4 bridgehead atoms. The SMILES string of the molecule is C1=C2C=C3C=C(C2)N=C13. The first-order chi connectivity index (χ1) is 4.42. The van der Waals surface area contributed by atoms with E-state index in [1.807, 2.05) is 0 Å². The zero-order chi connectivity index (χ0) is 5.84. The third kappa shape index (κ3) is 0.314. The fraction of sp³-hybridized carbons (Fsp3) is 0.125. The molecule has 0 aromatic rings. The molecule has 2 aliphatic heterocycles. The predicted molar refractivity (Wildman–Crippen MR) is 36.3 cm³/mol. The first-order valence-electron chi connectivity index (χ1n) is 3.14. The van der Waals surface area contributed by atoms with Gasteiger partial charge in [0.25, 0.3) is 0 Å². The highest BCUT2D eigenvalue weighted by Crippen LogP contribution is 2.35. The summed E-state index contributed by atoms with van der Waals surface area (Å²) >= 11 is 0. The van der Waals surface area contributed by atoms with Crippen molar-refractivity contribution in [3.63, 3.8) is 0 Å². The summed E-state index contributed by atoms with van der Waals surface area (Å²) in [5, 5.41) is 0. The molecular weight excluding hydrogens is 110 g/mol. The second-order valence-corrected chi connectivity index (χ2v) is 2.63. The summed E-state index contributed by atoms with van der Waals surface area (Å²) in [6.45, 7) is 0. The van der Waals surface area contributed by atoms with E-state index in [2.05, 4.69) is 23.2 Å². The van der Waals surface area contributed by atoms with E-state index < -0.39 is 0 Å². The second-order valence-electron chi connectivity index (χ2n) is 2.63. The maximum Gasteiger partial charge on any atom is 0.0709 e. The van der Waals surface area contributed by atoms with Crippen LogP contribution in [0, 0.1) is 0 Å². The van der Waals surface area contributed by atoms with Gasteiger partial charge in [0.15, 0.2) is 0 Å². The van der Waals surface area contributed by atoms with Crippen LogP contribution in [-0.4, -0.2) is 5.71 Å². The fourth-order valence-electron chi connectivity index (χ4n) is 1.55. The first-order valence-corrected chi connectivity index (χ1v) is 3.14. The molecule has 0 amide bonds. The summed E-state index contributed by atoms with van der Waals surface area (Å²) in [6.07, 6.45) is 7.62. The molecule has 2 aliphatic carbocycles. The third-order valence-electron chi connectivity index (χ3n) is 1.93. The van der Waals surface area contributed by atoms with Crippen molar-refractivity contribution in [3.05, 3.63) is 35.1 Å². The van der Waals surface area contributed by atoms with Gasteiger partial charge in [0.1, 0.15) is 0 Å². The van der Waals surface area contributed by atoms with Gasteiger partial charge >= 0.3 is 0 Å². The lowest BCUT2D eigenvalue weighted by atomic mass is 10.1. The Hall–Kier alpha value is -1.11. The Bertz CT molecular complexity index is 281. The zero-order valence-electron chi connectivity index (χ0n) is 4.89. The Morgan fingerprint density at radius 3 is 2.89 bits per heavy atom. The largest absolute Gasteiger partial charge is 0.252 e. The summed E-state index contributed by atoms with van der Waals surface area (Å²) < 4.78 is 0. The van der Waals surface area contributed by atoms with Crippen molar-refractivity contribution in [2.45, 2.75) is 6.42 Å². The van der Waals surface area contributed by atoms with Crippen LogP contribution in [0.5, 0.6) is 0 Å². The molecule has 0 radical (unpaired) electrons. The van der Waals surface area contributed by atoms with E-state index in [-0.39, 0.29) is 0 Å². The molecule has 1 heteroatoms. The first kappa shape index (κ1) is 3.83. The zero-order valence-corrected chi connectivity index (χ0v) is 4.89. The summed E-state index contributed by atoms with van der Waals surface area (Å²) in [6, 6.07) is 0. The Kier molecular flexibility index (Phi) is 0.403. The van der Waals surface area contributed by atoms with E-state index in [0.717, 1.165) is 6.42 Å². The summed E-state index contributed by atoms with van der Waals surface area (Å²) in [5.41, 5.74) is 5.20. The van der Waals surface area contributed by atoms with E-state index in [1.54, 1.807) is 0 Å². The van der Waals surface area contributed by atoms with Crippen LogP contribution in [0.1, 0.15) is 6.42 Å². The minimum Gasteiger partial charge on any atom is -0.252 e. The topological polar surface area (TPSA) is 12.4 Å². The van der Waals surface area contributed by atoms with Crippen molar-refractivity contribution in [2.75, 3.05) is 0 Å². The molecule has 0 atom stereocenters. The average molecular weight is 115 g/mol. The number of rotatable bonds is 0. The van der Waals surface area contributed by atoms with Crippen molar-refractivity contribution >= 4 is 5.71 Å². The number of nitrogens with zero attached hydrogens (tertiary/aromatic N) is 1. The molecule has 4 rings (SSSR count). The van der Waals surface area contributed by atoms with Crippen molar-refractivity contribution in [1.29, 1.82) is 0 Å². The molecule has 2 heterocycles. The van der Waals surface area contributed by atoms with Gasteiger partial charge in [-0.2, -0.15) is 0 Å². The van der Waals surface area contributed by atoms with E-state index in [1.165, 1.54) is 22.6 Å². The Morgan fingerprint density at radius 1 is 1.22 bits per heavy atom. The third-order valence-corrected chi connectivity index (χ3v) is 1.93. The van der Waals surface area contributed by atoms with Crippen LogP contribution in [0.3, 0.4) is 0 Å². The van der Waals surface area contributed by atoms with Gasteiger partial charge < -0.3 is 0 Å². The Labute approximate surface area is 53.1 Å². The molecule has 0 unspecified atom stereocenters. The molecule has 0 aromatic heterocycles. The number of allylic oxidation sites excluding steroid dienone is 5. The number of dihydropyridines is 1. The van der Waals surface area contributed by atoms with Crippen LogP contribution in [0.25, 0.3) is 0 Å². The van der Waals surface area contributed by atoms with Crippen LogP contribution in [0.2, 0.25) is 0 Å². The summed E-state index contributed by atoms with van der Waals surface area (Å²) in [5.74, 6) is 0. The van der Waals surface area contributed by atoms with Crippen molar-refractivity contribution < 1.29 is 0 Å². The van der Waals surface area contributed by atoms with Gasteiger partial charge in [-0.05, 0) is 23.8 Å². The van der Waals surface area contributed by atoms with E-state index in [4.69, 9.17) is 0 Å². The number of hydrogen-bond acceptors (Lipinski definition) is 1. The Balaban J connectivity index is 2.46. The molecule has 0 fully saturated rings. The molecule has 42 valence electrons. The molecule has 0 saturated carbocycles. The maximum atomic E-state index is 4.35. The normalized spacial score (nSPS) is 25.8. The van der Waals surface area contributed by atoms with Gasteiger partial charge in [0.05, 0.1) is 5.71 Å². The number of hydrogen-bond donors (Lipinski definition) is 0. The standard InChI is InChI=1S/C8H5N/c1-5-2-7-4-6(1)8(3-5)9-7/h1,3-4H,2H2. The lowest BCUT2D eigenvalue weighted by Gasteiger charge is -2.01. The van der Waals surface area contributed by atoms with E-state index >= 15 is 0 Å². The minimum atomic E-state index is 1.06. The molecule has 4 aliphatic rings. The van der Waals surface area contributed by atoms with E-state index in [9.17, 15) is 0 Å². The van der Waals surface area contributed by atoms with Gasteiger partial charge in [0, 0.05) is 17.7 Å². The predicted octanol–water partition coefficient (Wildman–Crippen LogP) is 1.59. The van der Waals surface area contributed by atoms with Gasteiger partial charge in [-0.3, -0.25) is 4.99 Å². The van der Waals surface area contributed by atoms with Crippen LogP contribution in [0.15, 0.2) is 40.1 Å². The van der Waals surface area contributed by atoms with Crippen LogP contribution in [-0.2, 0) is 0 Å². The van der Waals surface area contributed by atoms with E-state index in [0.29, 0.717) is 0 Å². The highest BCUT2D eigenvalue weighted by Gasteiger charge is 2.24. The van der Waals surface area contributed by atoms with Crippen molar-refractivity contribution in [1.82, 2.24) is 0 Å². The average Bonchev–Trinajstić information content (AvgIpc) is 2.20. The fourth-order valence-corrected chi connectivity index (χ4v) is 1.55. The monoisotopic (exact) mass is 115 g/mol. The lowest BCUT2D eigenvalue weighted by Crippen LogP contribution is -1.88. The highest BCUT2D eigenvalue weighted by atomic mass is 14.8. The van der Waals surface area contributed by atoms with Crippen molar-refractivity contribution in [3.8, 4) is 0 Å². The lowest BCUT2D eigenvalue weighted by molar-refractivity contribution is 1.11. The van der Waals surface area contributed by atoms with Crippen molar-refractivity contribution in [2.24, 2.45) is 4.99 Å². The minimum absolute atomic E-state index is 1.06. The van der Waals surface area contributed by atoms with Crippen LogP contribution < -0.4 is 0 Å². The van der Waals surface area contributed by atoms with Gasteiger partial charge in [-0.25, -0.2) is 0 Å². The summed E-state index contributed by atoms with van der Waals surface area (Å²) in [4.78, 5) is 4.35. The Morgan fingerprint density at radius 2 is 2.22 bits per heavy atom. The summed E-state index contributed by atoms with van der Waals surface area (Å²) in [7, 11) is 0. The smallest absolute Gasteiger partial charge is 0.0709 e. The number of aliphatic imine (C=N–C) groups is 1. The van der Waals surface area contributed by atoms with Crippen LogP contribution >= 0.6 is 0 Å². The second kappa shape index (κ2) is 0.947.